The second kappa shape index (κ2) is 5.96. The minimum absolute atomic E-state index is 0.214. The first-order valence-corrected chi connectivity index (χ1v) is 7.46. The number of amides is 1. The molecule has 3 heterocycles. The molecule has 0 fully saturated rings. The topological polar surface area (TPSA) is 68.0 Å². The molecule has 0 radical (unpaired) electrons. The Labute approximate surface area is 138 Å². The number of rotatable bonds is 3. The van der Waals surface area contributed by atoms with Crippen molar-refractivity contribution in [1.82, 2.24) is 9.97 Å². The number of aromatic nitrogens is 2. The van der Waals surface area contributed by atoms with Crippen LogP contribution in [0.15, 0.2) is 77.7 Å². The Kier molecular flexibility index (Phi) is 3.51. The smallest absolute Gasteiger partial charge is 0.256 e. The third-order valence-corrected chi connectivity index (χ3v) is 3.65. The van der Waals surface area contributed by atoms with E-state index in [1.807, 2.05) is 30.3 Å². The molecule has 0 aliphatic rings. The van der Waals surface area contributed by atoms with Gasteiger partial charge in [-0.05, 0) is 36.4 Å². The first-order valence-electron chi connectivity index (χ1n) is 7.46. The van der Waals surface area contributed by atoms with Gasteiger partial charge < -0.3 is 9.73 Å². The molecule has 5 heteroatoms. The lowest BCUT2D eigenvalue weighted by Crippen LogP contribution is -2.13. The van der Waals surface area contributed by atoms with Gasteiger partial charge in [0.15, 0.2) is 5.76 Å². The van der Waals surface area contributed by atoms with E-state index in [1.54, 1.807) is 42.9 Å². The van der Waals surface area contributed by atoms with E-state index in [-0.39, 0.29) is 5.91 Å². The highest BCUT2D eigenvalue weighted by Crippen LogP contribution is 2.25. The van der Waals surface area contributed by atoms with Crippen LogP contribution in [0.3, 0.4) is 0 Å². The summed E-state index contributed by atoms with van der Waals surface area (Å²) in [6.45, 7) is 0. The third kappa shape index (κ3) is 2.63. The van der Waals surface area contributed by atoms with Gasteiger partial charge in [0.25, 0.3) is 5.91 Å². The van der Waals surface area contributed by atoms with Crippen LogP contribution in [-0.2, 0) is 0 Å². The van der Waals surface area contributed by atoms with Crippen molar-refractivity contribution in [3.63, 3.8) is 0 Å². The summed E-state index contributed by atoms with van der Waals surface area (Å²) in [5.41, 5.74) is 2.54. The molecule has 116 valence electrons. The molecular formula is C19H13N3O2. The van der Waals surface area contributed by atoms with Gasteiger partial charge >= 0.3 is 0 Å². The van der Waals surface area contributed by atoms with Crippen molar-refractivity contribution in [2.75, 3.05) is 5.32 Å². The Bertz CT molecular complexity index is 996. The highest BCUT2D eigenvalue weighted by molar-refractivity contribution is 6.13. The maximum absolute atomic E-state index is 12.8. The van der Waals surface area contributed by atoms with Gasteiger partial charge in [-0.3, -0.25) is 9.78 Å². The molecule has 0 atom stereocenters. The maximum atomic E-state index is 12.8. The highest BCUT2D eigenvalue weighted by Gasteiger charge is 2.15. The van der Waals surface area contributed by atoms with Gasteiger partial charge in [-0.1, -0.05) is 18.2 Å². The number of pyridine rings is 2. The monoisotopic (exact) mass is 315 g/mol. The summed E-state index contributed by atoms with van der Waals surface area (Å²) in [5, 5.41) is 3.65. The number of para-hydroxylation sites is 1. The first kappa shape index (κ1) is 14.1. The van der Waals surface area contributed by atoms with Crippen molar-refractivity contribution in [3.05, 3.63) is 78.8 Å². The number of carbonyl (C=O) groups is 1. The quantitative estimate of drug-likeness (QED) is 0.617. The molecule has 0 unspecified atom stereocenters. The van der Waals surface area contributed by atoms with Crippen LogP contribution in [0, 0.1) is 0 Å². The summed E-state index contributed by atoms with van der Waals surface area (Å²) in [5.74, 6) is 0.408. The van der Waals surface area contributed by atoms with E-state index in [9.17, 15) is 4.79 Å². The number of benzene rings is 1. The van der Waals surface area contributed by atoms with E-state index < -0.39 is 0 Å². The summed E-state index contributed by atoms with van der Waals surface area (Å²) in [6.07, 6.45) is 4.85. The van der Waals surface area contributed by atoms with Crippen LogP contribution >= 0.6 is 0 Å². The average Bonchev–Trinajstić information content (AvgIpc) is 3.16. The fourth-order valence-corrected chi connectivity index (χ4v) is 2.55. The molecule has 3 aromatic heterocycles. The molecule has 1 aromatic carbocycles. The van der Waals surface area contributed by atoms with Crippen molar-refractivity contribution in [2.24, 2.45) is 0 Å². The molecule has 0 aliphatic heterocycles. The van der Waals surface area contributed by atoms with E-state index in [0.29, 0.717) is 22.7 Å². The first-order chi connectivity index (χ1) is 11.8. The molecule has 0 saturated carbocycles. The van der Waals surface area contributed by atoms with Crippen molar-refractivity contribution in [3.8, 4) is 11.5 Å². The predicted molar refractivity (Wildman–Crippen MR) is 91.6 cm³/mol. The normalized spacial score (nSPS) is 10.7. The Morgan fingerprint density at radius 1 is 1.04 bits per heavy atom. The van der Waals surface area contributed by atoms with Crippen LogP contribution in [0.25, 0.3) is 22.4 Å². The number of carbonyl (C=O) groups excluding carboxylic acids is 1. The number of hydrogen-bond acceptors (Lipinski definition) is 4. The Hall–Kier alpha value is -3.47. The number of furan rings is 1. The molecule has 0 spiro atoms. The zero-order chi connectivity index (χ0) is 16.4. The fraction of sp³-hybridized carbons (Fsp3) is 0. The standard InChI is InChI=1S/C19H13N3O2/c23-19(21-13-5-3-9-20-12-13)15-11-17(18-8-4-10-24-18)22-16-7-2-1-6-14(15)16/h1-12H,(H,21,23). The molecule has 0 bridgehead atoms. The van der Waals surface area contributed by atoms with Gasteiger partial charge in [-0.25, -0.2) is 4.98 Å². The van der Waals surface area contributed by atoms with Gasteiger partial charge in [0.2, 0.25) is 0 Å². The largest absolute Gasteiger partial charge is 0.463 e. The lowest BCUT2D eigenvalue weighted by atomic mass is 10.1. The lowest BCUT2D eigenvalue weighted by Gasteiger charge is -2.09. The van der Waals surface area contributed by atoms with Crippen molar-refractivity contribution >= 4 is 22.5 Å². The zero-order valence-electron chi connectivity index (χ0n) is 12.6. The molecule has 0 aliphatic carbocycles. The number of nitrogens with one attached hydrogen (secondary N) is 1. The van der Waals surface area contributed by atoms with E-state index in [2.05, 4.69) is 15.3 Å². The van der Waals surface area contributed by atoms with Crippen molar-refractivity contribution < 1.29 is 9.21 Å². The molecule has 1 N–H and O–H groups in total. The van der Waals surface area contributed by atoms with E-state index >= 15 is 0 Å². The van der Waals surface area contributed by atoms with Crippen molar-refractivity contribution in [1.29, 1.82) is 0 Å². The number of fused-ring (bicyclic) bond motifs is 1. The van der Waals surface area contributed by atoms with Gasteiger partial charge in [-0.2, -0.15) is 0 Å². The third-order valence-electron chi connectivity index (χ3n) is 3.65. The Balaban J connectivity index is 1.82. The minimum Gasteiger partial charge on any atom is -0.463 e. The second-order valence-electron chi connectivity index (χ2n) is 5.25. The number of anilines is 1. The maximum Gasteiger partial charge on any atom is 0.256 e. The Morgan fingerprint density at radius 3 is 2.75 bits per heavy atom. The SMILES string of the molecule is O=C(Nc1cccnc1)c1cc(-c2ccco2)nc2ccccc12. The Morgan fingerprint density at radius 2 is 1.96 bits per heavy atom. The minimum atomic E-state index is -0.214. The fourth-order valence-electron chi connectivity index (χ4n) is 2.55. The second-order valence-corrected chi connectivity index (χ2v) is 5.25. The van der Waals surface area contributed by atoms with Gasteiger partial charge in [0.05, 0.1) is 29.2 Å². The molecule has 1 amide bonds. The number of nitrogens with zero attached hydrogens (tertiary/aromatic N) is 2. The predicted octanol–water partition coefficient (Wildman–Crippen LogP) is 4.14. The van der Waals surface area contributed by atoms with Crippen LogP contribution in [0.5, 0.6) is 0 Å². The van der Waals surface area contributed by atoms with Crippen LogP contribution in [0.2, 0.25) is 0 Å². The van der Waals surface area contributed by atoms with E-state index in [4.69, 9.17) is 4.42 Å². The van der Waals surface area contributed by atoms with E-state index in [1.165, 1.54) is 0 Å². The van der Waals surface area contributed by atoms with Crippen LogP contribution in [-0.4, -0.2) is 15.9 Å². The van der Waals surface area contributed by atoms with Gasteiger partial charge in [-0.15, -0.1) is 0 Å². The summed E-state index contributed by atoms with van der Waals surface area (Å²) in [7, 11) is 0. The number of hydrogen-bond donors (Lipinski definition) is 1. The summed E-state index contributed by atoms with van der Waals surface area (Å²) >= 11 is 0. The van der Waals surface area contributed by atoms with Crippen LogP contribution in [0.4, 0.5) is 5.69 Å². The van der Waals surface area contributed by atoms with Crippen LogP contribution in [0.1, 0.15) is 10.4 Å². The lowest BCUT2D eigenvalue weighted by molar-refractivity contribution is 0.102. The summed E-state index contributed by atoms with van der Waals surface area (Å²) < 4.78 is 5.42. The molecule has 24 heavy (non-hydrogen) atoms. The zero-order valence-corrected chi connectivity index (χ0v) is 12.6. The molecule has 4 rings (SSSR count). The summed E-state index contributed by atoms with van der Waals surface area (Å²) in [4.78, 5) is 21.3. The molecule has 5 nitrogen and oxygen atoms in total. The van der Waals surface area contributed by atoms with Crippen molar-refractivity contribution in [2.45, 2.75) is 0 Å². The van der Waals surface area contributed by atoms with Crippen LogP contribution < -0.4 is 5.32 Å². The molecule has 4 aromatic rings. The van der Waals surface area contributed by atoms with E-state index in [0.717, 1.165) is 10.9 Å². The van der Waals surface area contributed by atoms with Gasteiger partial charge in [0, 0.05) is 11.6 Å². The molecular weight excluding hydrogens is 302 g/mol. The average molecular weight is 315 g/mol. The highest BCUT2D eigenvalue weighted by atomic mass is 16.3. The molecule has 0 saturated heterocycles. The van der Waals surface area contributed by atoms with Gasteiger partial charge in [0.1, 0.15) is 5.69 Å². The summed E-state index contributed by atoms with van der Waals surface area (Å²) in [6, 6.07) is 16.5.